The lowest BCUT2D eigenvalue weighted by atomic mass is 9.83. The third-order valence-corrected chi connectivity index (χ3v) is 4.25. The smallest absolute Gasteiger partial charge is 0.171 e. The van der Waals surface area contributed by atoms with E-state index in [-0.39, 0.29) is 0 Å². The molecule has 1 fully saturated rings. The van der Waals surface area contributed by atoms with Crippen LogP contribution in [0.3, 0.4) is 0 Å². The largest absolute Gasteiger partial charge is 0.312 e. The van der Waals surface area contributed by atoms with Gasteiger partial charge in [-0.25, -0.2) is 0 Å². The Bertz CT molecular complexity index is 573. The first-order valence-corrected chi connectivity index (χ1v) is 7.68. The summed E-state index contributed by atoms with van der Waals surface area (Å²) >= 11 is 0. The topological polar surface area (TPSA) is 73.5 Å². The van der Waals surface area contributed by atoms with Crippen LogP contribution < -0.4 is 5.32 Å². The molecule has 1 saturated carbocycles. The zero-order valence-corrected chi connectivity index (χ0v) is 12.7. The number of nitrogens with zero attached hydrogens (tertiary/aromatic N) is 6. The first kappa shape index (κ1) is 14.2. The molecule has 2 unspecified atom stereocenters. The molecule has 0 aromatic carbocycles. The molecule has 0 bridgehead atoms. The summed E-state index contributed by atoms with van der Waals surface area (Å²) in [5.41, 5.74) is 1.36. The highest BCUT2D eigenvalue weighted by atomic mass is 15.6. The third kappa shape index (κ3) is 3.47. The van der Waals surface area contributed by atoms with Gasteiger partial charge in [0.25, 0.3) is 0 Å². The van der Waals surface area contributed by atoms with Gasteiger partial charge in [0.05, 0.1) is 6.54 Å². The van der Waals surface area contributed by atoms with Crippen LogP contribution in [0, 0.1) is 6.92 Å². The SMILES string of the molecule is Cc1nnn(CCNC2CCCC(c3ccnn3C)C2)n1. The predicted molar refractivity (Wildman–Crippen MR) is 78.8 cm³/mol. The average Bonchev–Trinajstić information content (AvgIpc) is 3.08. The molecule has 2 aromatic rings. The van der Waals surface area contributed by atoms with Crippen molar-refractivity contribution in [1.82, 2.24) is 35.3 Å². The van der Waals surface area contributed by atoms with Crippen LogP contribution in [0.25, 0.3) is 0 Å². The van der Waals surface area contributed by atoms with E-state index in [2.05, 4.69) is 31.9 Å². The molecule has 0 radical (unpaired) electrons. The Morgan fingerprint density at radius 2 is 2.29 bits per heavy atom. The van der Waals surface area contributed by atoms with Crippen LogP contribution in [0.1, 0.15) is 43.1 Å². The highest BCUT2D eigenvalue weighted by Crippen LogP contribution is 2.32. The predicted octanol–water partition coefficient (Wildman–Crippen LogP) is 1.03. The van der Waals surface area contributed by atoms with Crippen molar-refractivity contribution in [3.63, 3.8) is 0 Å². The number of aryl methyl sites for hydroxylation is 2. The van der Waals surface area contributed by atoms with Crippen molar-refractivity contribution >= 4 is 0 Å². The molecule has 0 aliphatic heterocycles. The third-order valence-electron chi connectivity index (χ3n) is 4.25. The molecular formula is C14H23N7. The number of tetrazole rings is 1. The fourth-order valence-corrected chi connectivity index (χ4v) is 3.22. The summed E-state index contributed by atoms with van der Waals surface area (Å²) in [5.74, 6) is 1.35. The Morgan fingerprint density at radius 1 is 1.38 bits per heavy atom. The van der Waals surface area contributed by atoms with Crippen LogP contribution in [0.4, 0.5) is 0 Å². The van der Waals surface area contributed by atoms with Crippen molar-refractivity contribution in [3.8, 4) is 0 Å². The summed E-state index contributed by atoms with van der Waals surface area (Å²) < 4.78 is 2.01. The van der Waals surface area contributed by atoms with E-state index >= 15 is 0 Å². The summed E-state index contributed by atoms with van der Waals surface area (Å²) in [4.78, 5) is 1.66. The zero-order valence-electron chi connectivity index (χ0n) is 12.7. The van der Waals surface area contributed by atoms with Crippen LogP contribution in [0.15, 0.2) is 12.3 Å². The Kier molecular flexibility index (Phi) is 4.28. The Labute approximate surface area is 124 Å². The second-order valence-corrected chi connectivity index (χ2v) is 5.83. The van der Waals surface area contributed by atoms with Gasteiger partial charge in [0.15, 0.2) is 5.82 Å². The van der Waals surface area contributed by atoms with Gasteiger partial charge in [-0.1, -0.05) is 6.42 Å². The van der Waals surface area contributed by atoms with E-state index < -0.39 is 0 Å². The van der Waals surface area contributed by atoms with Crippen molar-refractivity contribution in [2.75, 3.05) is 6.54 Å². The molecule has 21 heavy (non-hydrogen) atoms. The molecule has 1 N–H and O–H groups in total. The second kappa shape index (κ2) is 6.34. The molecule has 2 atom stereocenters. The minimum Gasteiger partial charge on any atom is -0.312 e. The van der Waals surface area contributed by atoms with Crippen molar-refractivity contribution in [1.29, 1.82) is 0 Å². The van der Waals surface area contributed by atoms with Gasteiger partial charge in [0.1, 0.15) is 0 Å². The van der Waals surface area contributed by atoms with Crippen LogP contribution in [0.2, 0.25) is 0 Å². The van der Waals surface area contributed by atoms with Gasteiger partial charge < -0.3 is 5.32 Å². The summed E-state index contributed by atoms with van der Waals surface area (Å²) in [6, 6.07) is 2.72. The van der Waals surface area contributed by atoms with E-state index in [9.17, 15) is 0 Å². The standard InChI is InChI=1S/C14H23N7/c1-11-17-19-21(18-11)9-8-15-13-5-3-4-12(10-13)14-6-7-16-20(14)2/h6-7,12-13,15H,3-5,8-10H2,1-2H3. The van der Waals surface area contributed by atoms with E-state index in [4.69, 9.17) is 0 Å². The monoisotopic (exact) mass is 289 g/mol. The summed E-state index contributed by atoms with van der Waals surface area (Å²) in [5, 5.41) is 20.0. The van der Waals surface area contributed by atoms with Crippen molar-refractivity contribution in [2.45, 2.75) is 51.1 Å². The molecule has 2 aromatic heterocycles. The van der Waals surface area contributed by atoms with Crippen molar-refractivity contribution in [2.24, 2.45) is 7.05 Å². The molecule has 114 valence electrons. The molecule has 2 heterocycles. The summed E-state index contributed by atoms with van der Waals surface area (Å²) in [6.45, 7) is 3.52. The van der Waals surface area contributed by atoms with Crippen molar-refractivity contribution in [3.05, 3.63) is 23.8 Å². The molecule has 0 amide bonds. The van der Waals surface area contributed by atoms with Crippen LogP contribution >= 0.6 is 0 Å². The lowest BCUT2D eigenvalue weighted by Crippen LogP contribution is -2.36. The van der Waals surface area contributed by atoms with Crippen LogP contribution in [0.5, 0.6) is 0 Å². The lowest BCUT2D eigenvalue weighted by Gasteiger charge is -2.30. The molecule has 0 spiro atoms. The van der Waals surface area contributed by atoms with E-state index in [0.717, 1.165) is 18.9 Å². The van der Waals surface area contributed by atoms with E-state index in [1.54, 1.807) is 4.80 Å². The van der Waals surface area contributed by atoms with Gasteiger partial charge in [-0.2, -0.15) is 9.90 Å². The Balaban J connectivity index is 1.49. The number of rotatable bonds is 5. The van der Waals surface area contributed by atoms with Gasteiger partial charge >= 0.3 is 0 Å². The number of hydrogen-bond donors (Lipinski definition) is 1. The van der Waals surface area contributed by atoms with Gasteiger partial charge in [-0.3, -0.25) is 4.68 Å². The van der Waals surface area contributed by atoms with E-state index in [1.165, 1.54) is 31.4 Å². The Hall–Kier alpha value is -1.76. The maximum Gasteiger partial charge on any atom is 0.171 e. The molecule has 3 rings (SSSR count). The second-order valence-electron chi connectivity index (χ2n) is 5.83. The molecular weight excluding hydrogens is 266 g/mol. The van der Waals surface area contributed by atoms with E-state index in [1.807, 2.05) is 24.9 Å². The molecule has 7 nitrogen and oxygen atoms in total. The normalized spacial score (nSPS) is 22.6. The summed E-state index contributed by atoms with van der Waals surface area (Å²) in [6.07, 6.45) is 6.86. The molecule has 7 heteroatoms. The van der Waals surface area contributed by atoms with Crippen LogP contribution in [-0.4, -0.2) is 42.6 Å². The first-order chi connectivity index (χ1) is 10.2. The maximum atomic E-state index is 4.29. The number of hydrogen-bond acceptors (Lipinski definition) is 5. The minimum absolute atomic E-state index is 0.572. The van der Waals surface area contributed by atoms with Gasteiger partial charge in [-0.15, -0.1) is 10.2 Å². The quantitative estimate of drug-likeness (QED) is 0.890. The fourth-order valence-electron chi connectivity index (χ4n) is 3.22. The highest BCUT2D eigenvalue weighted by molar-refractivity contribution is 5.09. The highest BCUT2D eigenvalue weighted by Gasteiger charge is 2.24. The lowest BCUT2D eigenvalue weighted by molar-refractivity contribution is 0.322. The molecule has 1 aliphatic rings. The Morgan fingerprint density at radius 3 is 3.00 bits per heavy atom. The molecule has 1 aliphatic carbocycles. The average molecular weight is 289 g/mol. The van der Waals surface area contributed by atoms with Gasteiger partial charge in [0.2, 0.25) is 0 Å². The van der Waals surface area contributed by atoms with Gasteiger partial charge in [-0.05, 0) is 37.5 Å². The minimum atomic E-state index is 0.572. The first-order valence-electron chi connectivity index (χ1n) is 7.68. The zero-order chi connectivity index (χ0) is 14.7. The van der Waals surface area contributed by atoms with Crippen LogP contribution in [-0.2, 0) is 13.6 Å². The maximum absolute atomic E-state index is 4.29. The summed E-state index contributed by atoms with van der Waals surface area (Å²) in [7, 11) is 2.03. The number of aromatic nitrogens is 6. The molecule has 0 saturated heterocycles. The number of nitrogens with one attached hydrogen (secondary N) is 1. The fraction of sp³-hybridized carbons (Fsp3) is 0.714. The van der Waals surface area contributed by atoms with E-state index in [0.29, 0.717) is 12.0 Å². The van der Waals surface area contributed by atoms with Crippen molar-refractivity contribution < 1.29 is 0 Å². The van der Waals surface area contributed by atoms with Gasteiger partial charge in [0, 0.05) is 37.4 Å².